The Balaban J connectivity index is 1.61. The summed E-state index contributed by atoms with van der Waals surface area (Å²) in [5, 5.41) is 15.4. The van der Waals surface area contributed by atoms with E-state index in [2.05, 4.69) is 10.6 Å². The number of anilines is 2. The van der Waals surface area contributed by atoms with Crippen molar-refractivity contribution in [2.24, 2.45) is 5.92 Å². The molecule has 1 heterocycles. The fourth-order valence-electron chi connectivity index (χ4n) is 4.57. The van der Waals surface area contributed by atoms with E-state index in [1.807, 2.05) is 19.9 Å². The molecule has 0 radical (unpaired) electrons. The van der Waals surface area contributed by atoms with E-state index >= 15 is 0 Å². The van der Waals surface area contributed by atoms with Crippen molar-refractivity contribution in [1.82, 2.24) is 9.21 Å². The van der Waals surface area contributed by atoms with Gasteiger partial charge in [-0.3, -0.25) is 4.79 Å². The van der Waals surface area contributed by atoms with E-state index in [-0.39, 0.29) is 47.7 Å². The highest BCUT2D eigenvalue weighted by Gasteiger charge is 2.35. The molecule has 0 spiro atoms. The number of amides is 3. The van der Waals surface area contributed by atoms with Crippen LogP contribution in [0.2, 0.25) is 0 Å². The number of benzene rings is 3. The summed E-state index contributed by atoms with van der Waals surface area (Å²) in [6.07, 6.45) is -0.611. The van der Waals surface area contributed by atoms with Crippen LogP contribution in [0.15, 0.2) is 77.7 Å². The van der Waals surface area contributed by atoms with Crippen LogP contribution in [0.1, 0.15) is 29.8 Å². The molecule has 3 amide bonds. The van der Waals surface area contributed by atoms with Gasteiger partial charge in [0.05, 0.1) is 29.7 Å². The molecule has 0 aromatic heterocycles. The van der Waals surface area contributed by atoms with Gasteiger partial charge < -0.3 is 25.4 Å². The van der Waals surface area contributed by atoms with Crippen molar-refractivity contribution in [2.75, 3.05) is 37.4 Å². The minimum Gasteiger partial charge on any atom is -0.488 e. The number of carbonyl (C=O) groups excluding carboxylic acids is 2. The molecule has 4 rings (SSSR count). The summed E-state index contributed by atoms with van der Waals surface area (Å²) in [5.74, 6) is -0.373. The number of ether oxygens (including phenoxy) is 1. The maximum absolute atomic E-state index is 13.7. The largest absolute Gasteiger partial charge is 0.488 e. The van der Waals surface area contributed by atoms with E-state index in [1.165, 1.54) is 17.4 Å². The third kappa shape index (κ3) is 7.05. The van der Waals surface area contributed by atoms with Crippen molar-refractivity contribution in [3.8, 4) is 5.75 Å². The number of nitrogens with zero attached hydrogens (tertiary/aromatic N) is 2. The number of hydrogen-bond acceptors (Lipinski definition) is 6. The molecule has 0 bridgehead atoms. The maximum atomic E-state index is 13.7. The summed E-state index contributed by atoms with van der Waals surface area (Å²) in [7, 11) is -2.29. The van der Waals surface area contributed by atoms with Crippen LogP contribution in [0, 0.1) is 12.8 Å². The number of likely N-dealkylation sites (N-methyl/N-ethyl adjacent to an activating group) is 1. The van der Waals surface area contributed by atoms with Crippen LogP contribution in [0.25, 0.3) is 0 Å². The standard InChI is InChI=1S/C30H36N4O6S/c1-20-10-13-25(14-11-20)41(38,39)33(4)18-28-21(2)17-34(22(3)19-35)29(36)26-16-24(12-15-27(26)40-28)32-30(37)31-23-8-6-5-7-9-23/h5-16,21-22,28,35H,17-19H2,1-4H3,(H2,31,32,37)/t21-,22-,28-/m1/s1. The predicted molar refractivity (Wildman–Crippen MR) is 158 cm³/mol. The highest BCUT2D eigenvalue weighted by atomic mass is 32.2. The van der Waals surface area contributed by atoms with Crippen molar-refractivity contribution >= 4 is 33.3 Å². The summed E-state index contributed by atoms with van der Waals surface area (Å²) in [4.78, 5) is 28.0. The summed E-state index contributed by atoms with van der Waals surface area (Å²) in [6.45, 7) is 5.53. The lowest BCUT2D eigenvalue weighted by atomic mass is 9.99. The third-order valence-electron chi connectivity index (χ3n) is 7.12. The average molecular weight is 581 g/mol. The molecule has 0 saturated heterocycles. The summed E-state index contributed by atoms with van der Waals surface area (Å²) in [5.41, 5.74) is 2.13. The number of urea groups is 1. The van der Waals surface area contributed by atoms with E-state index in [1.54, 1.807) is 72.5 Å². The molecule has 1 aliphatic heterocycles. The predicted octanol–water partition coefficient (Wildman–Crippen LogP) is 4.18. The number of carbonyl (C=O) groups is 2. The molecule has 0 aliphatic carbocycles. The monoisotopic (exact) mass is 580 g/mol. The molecular weight excluding hydrogens is 544 g/mol. The number of aliphatic hydroxyl groups excluding tert-OH is 1. The second kappa shape index (κ2) is 12.7. The minimum atomic E-state index is -3.79. The Morgan fingerprint density at radius 1 is 1.07 bits per heavy atom. The van der Waals surface area contributed by atoms with Gasteiger partial charge in [-0.1, -0.05) is 42.8 Å². The number of sulfonamides is 1. The van der Waals surface area contributed by atoms with Gasteiger partial charge in [0.2, 0.25) is 10.0 Å². The number of fused-ring (bicyclic) bond motifs is 1. The van der Waals surface area contributed by atoms with Crippen LogP contribution in [-0.4, -0.2) is 73.6 Å². The van der Waals surface area contributed by atoms with Gasteiger partial charge in [-0.2, -0.15) is 4.31 Å². The zero-order valence-corrected chi connectivity index (χ0v) is 24.4. The Bertz CT molecular complexity index is 1480. The average Bonchev–Trinajstić information content (AvgIpc) is 2.95. The normalized spacial score (nSPS) is 18.1. The lowest BCUT2D eigenvalue weighted by molar-refractivity contribution is 0.0387. The van der Waals surface area contributed by atoms with E-state index in [0.717, 1.165) is 5.56 Å². The molecule has 3 atom stereocenters. The maximum Gasteiger partial charge on any atom is 0.323 e. The molecule has 1 aliphatic rings. The Hall–Kier alpha value is -3.93. The molecule has 3 aromatic carbocycles. The molecule has 0 saturated carbocycles. The Kier molecular flexibility index (Phi) is 9.31. The van der Waals surface area contributed by atoms with Gasteiger partial charge in [0.25, 0.3) is 5.91 Å². The molecule has 0 fully saturated rings. The van der Waals surface area contributed by atoms with Gasteiger partial charge >= 0.3 is 6.03 Å². The first-order valence-corrected chi connectivity index (χ1v) is 14.8. The van der Waals surface area contributed by atoms with Crippen LogP contribution < -0.4 is 15.4 Å². The van der Waals surface area contributed by atoms with Crippen molar-refractivity contribution in [3.05, 3.63) is 83.9 Å². The van der Waals surface area contributed by atoms with Crippen molar-refractivity contribution in [2.45, 2.75) is 37.8 Å². The number of nitrogens with one attached hydrogen (secondary N) is 2. The first kappa shape index (κ1) is 30.0. The first-order valence-electron chi connectivity index (χ1n) is 13.4. The van der Waals surface area contributed by atoms with Gasteiger partial charge in [0.15, 0.2) is 0 Å². The van der Waals surface area contributed by atoms with Crippen molar-refractivity contribution in [3.63, 3.8) is 0 Å². The summed E-state index contributed by atoms with van der Waals surface area (Å²) < 4.78 is 34.2. The van der Waals surface area contributed by atoms with Gasteiger partial charge in [-0.25, -0.2) is 13.2 Å². The van der Waals surface area contributed by atoms with Crippen molar-refractivity contribution < 1.29 is 27.9 Å². The van der Waals surface area contributed by atoms with Gasteiger partial charge in [0.1, 0.15) is 11.9 Å². The molecule has 11 heteroatoms. The molecule has 3 N–H and O–H groups in total. The van der Waals surface area contributed by atoms with E-state index in [4.69, 9.17) is 4.74 Å². The Morgan fingerprint density at radius 2 is 1.73 bits per heavy atom. The van der Waals surface area contributed by atoms with Gasteiger partial charge in [-0.15, -0.1) is 0 Å². The number of aliphatic hydroxyl groups is 1. The number of rotatable bonds is 8. The first-order chi connectivity index (χ1) is 19.5. The molecule has 3 aromatic rings. The number of hydrogen-bond donors (Lipinski definition) is 3. The fraction of sp³-hybridized carbons (Fsp3) is 0.333. The molecule has 0 unspecified atom stereocenters. The van der Waals surface area contributed by atoms with E-state index in [9.17, 15) is 23.1 Å². The quantitative estimate of drug-likeness (QED) is 0.367. The highest BCUT2D eigenvalue weighted by Crippen LogP contribution is 2.31. The van der Waals surface area contributed by atoms with E-state index < -0.39 is 28.2 Å². The lowest BCUT2D eigenvalue weighted by Crippen LogP contribution is -2.50. The molecule has 218 valence electrons. The Morgan fingerprint density at radius 3 is 2.39 bits per heavy atom. The van der Waals surface area contributed by atoms with Crippen LogP contribution in [0.5, 0.6) is 5.75 Å². The Labute approximate surface area is 241 Å². The highest BCUT2D eigenvalue weighted by molar-refractivity contribution is 7.89. The third-order valence-corrected chi connectivity index (χ3v) is 8.96. The smallest absolute Gasteiger partial charge is 0.323 e. The molecule has 41 heavy (non-hydrogen) atoms. The van der Waals surface area contributed by atoms with E-state index in [0.29, 0.717) is 11.4 Å². The zero-order valence-electron chi connectivity index (χ0n) is 23.6. The fourth-order valence-corrected chi connectivity index (χ4v) is 5.76. The number of para-hydroxylation sites is 1. The van der Waals surface area contributed by atoms with Crippen molar-refractivity contribution in [1.29, 1.82) is 0 Å². The van der Waals surface area contributed by atoms with Crippen LogP contribution >= 0.6 is 0 Å². The zero-order chi connectivity index (χ0) is 29.7. The van der Waals surface area contributed by atoms with Crippen LogP contribution in [0.3, 0.4) is 0 Å². The van der Waals surface area contributed by atoms with Crippen LogP contribution in [0.4, 0.5) is 16.2 Å². The van der Waals surface area contributed by atoms with Crippen LogP contribution in [-0.2, 0) is 10.0 Å². The van der Waals surface area contributed by atoms with Gasteiger partial charge in [0, 0.05) is 30.9 Å². The second-order valence-electron chi connectivity index (χ2n) is 10.4. The second-order valence-corrected chi connectivity index (χ2v) is 12.4. The molecule has 10 nitrogen and oxygen atoms in total. The molecular formula is C30H36N4O6S. The topological polar surface area (TPSA) is 128 Å². The lowest BCUT2D eigenvalue weighted by Gasteiger charge is -2.38. The van der Waals surface area contributed by atoms with Gasteiger partial charge in [-0.05, 0) is 56.3 Å². The minimum absolute atomic E-state index is 0.0336. The SMILES string of the molecule is Cc1ccc(S(=O)(=O)N(C)C[C@H]2Oc3ccc(NC(=O)Nc4ccccc4)cc3C(=O)N([C@H](C)CO)C[C@H]2C)cc1. The number of aryl methyl sites for hydroxylation is 1. The summed E-state index contributed by atoms with van der Waals surface area (Å²) >= 11 is 0. The summed E-state index contributed by atoms with van der Waals surface area (Å²) in [6, 6.07) is 19.3.